The minimum Gasteiger partial charge on any atom is -0.328 e. The highest BCUT2D eigenvalue weighted by Gasteiger charge is 2.29. The zero-order chi connectivity index (χ0) is 13.1. The predicted molar refractivity (Wildman–Crippen MR) is 76.1 cm³/mol. The Bertz CT molecular complexity index is 213. The van der Waals surface area contributed by atoms with Crippen LogP contribution in [0.25, 0.3) is 0 Å². The summed E-state index contributed by atoms with van der Waals surface area (Å²) in [5.74, 6) is 0.773. The van der Waals surface area contributed by atoms with E-state index in [1.165, 1.54) is 25.9 Å². The molecule has 0 heterocycles. The molecule has 0 radical (unpaired) electrons. The molecule has 0 aromatic rings. The van der Waals surface area contributed by atoms with E-state index < -0.39 is 0 Å². The molecule has 1 unspecified atom stereocenters. The Morgan fingerprint density at radius 3 is 2.24 bits per heavy atom. The van der Waals surface area contributed by atoms with Crippen LogP contribution in [-0.2, 0) is 0 Å². The Morgan fingerprint density at radius 2 is 1.82 bits per heavy atom. The molecule has 1 aliphatic carbocycles. The van der Waals surface area contributed by atoms with E-state index in [2.05, 4.69) is 39.5 Å². The molecule has 1 atom stereocenters. The van der Waals surface area contributed by atoms with Gasteiger partial charge in [0, 0.05) is 18.6 Å². The van der Waals surface area contributed by atoms with E-state index in [-0.39, 0.29) is 0 Å². The average molecular weight is 240 g/mol. The van der Waals surface area contributed by atoms with Gasteiger partial charge in [0.25, 0.3) is 0 Å². The summed E-state index contributed by atoms with van der Waals surface area (Å²) in [7, 11) is 0. The first-order valence-corrected chi connectivity index (χ1v) is 7.27. The Kier molecular flexibility index (Phi) is 5.46. The molecule has 2 N–H and O–H groups in total. The van der Waals surface area contributed by atoms with E-state index in [0.717, 1.165) is 24.8 Å². The summed E-state index contributed by atoms with van der Waals surface area (Å²) in [6.07, 6.45) is 5.09. The average Bonchev–Trinajstić information content (AvgIpc) is 2.91. The van der Waals surface area contributed by atoms with Gasteiger partial charge < -0.3 is 10.6 Å². The molecule has 0 aliphatic heterocycles. The van der Waals surface area contributed by atoms with Crippen LogP contribution in [0, 0.1) is 11.3 Å². The van der Waals surface area contributed by atoms with Crippen LogP contribution < -0.4 is 5.73 Å². The summed E-state index contributed by atoms with van der Waals surface area (Å²) in [5.41, 5.74) is 6.60. The molecule has 0 aromatic carbocycles. The van der Waals surface area contributed by atoms with Crippen molar-refractivity contribution in [3.8, 4) is 0 Å². The largest absolute Gasteiger partial charge is 0.328 e. The highest BCUT2D eigenvalue weighted by atomic mass is 15.2. The standard InChI is InChI=1S/C15H32N2/c1-12(2)11-17(14-6-7-14)9-8-13(16)10-15(3,4)5/h12-14H,6-11,16H2,1-5H3. The van der Waals surface area contributed by atoms with Crippen molar-refractivity contribution in [3.63, 3.8) is 0 Å². The Balaban J connectivity index is 2.26. The molecule has 1 saturated carbocycles. The lowest BCUT2D eigenvalue weighted by atomic mass is 9.87. The molecule has 0 saturated heterocycles. The third-order valence-corrected chi connectivity index (χ3v) is 3.32. The summed E-state index contributed by atoms with van der Waals surface area (Å²) in [4.78, 5) is 2.66. The molecule has 1 rings (SSSR count). The smallest absolute Gasteiger partial charge is 0.00965 e. The molecule has 2 heteroatoms. The lowest BCUT2D eigenvalue weighted by molar-refractivity contribution is 0.216. The van der Waals surface area contributed by atoms with E-state index in [1.807, 2.05) is 0 Å². The summed E-state index contributed by atoms with van der Waals surface area (Å²) in [6, 6.07) is 1.24. The van der Waals surface area contributed by atoms with Crippen molar-refractivity contribution in [2.24, 2.45) is 17.1 Å². The van der Waals surface area contributed by atoms with E-state index in [0.29, 0.717) is 11.5 Å². The van der Waals surface area contributed by atoms with Gasteiger partial charge in [0.2, 0.25) is 0 Å². The third-order valence-electron chi connectivity index (χ3n) is 3.32. The summed E-state index contributed by atoms with van der Waals surface area (Å²) < 4.78 is 0. The number of hydrogen-bond donors (Lipinski definition) is 1. The first kappa shape index (κ1) is 15.0. The van der Waals surface area contributed by atoms with E-state index in [1.54, 1.807) is 0 Å². The zero-order valence-electron chi connectivity index (χ0n) is 12.5. The van der Waals surface area contributed by atoms with Crippen molar-refractivity contribution >= 4 is 0 Å². The van der Waals surface area contributed by atoms with Crippen molar-refractivity contribution in [2.45, 2.75) is 72.4 Å². The maximum absolute atomic E-state index is 6.23. The maximum atomic E-state index is 6.23. The number of hydrogen-bond acceptors (Lipinski definition) is 2. The minimum absolute atomic E-state index is 0.363. The molecule has 2 nitrogen and oxygen atoms in total. The molecule has 0 bridgehead atoms. The Morgan fingerprint density at radius 1 is 1.24 bits per heavy atom. The van der Waals surface area contributed by atoms with Gasteiger partial charge in [0.1, 0.15) is 0 Å². The van der Waals surface area contributed by atoms with E-state index in [4.69, 9.17) is 5.73 Å². The molecule has 1 fully saturated rings. The van der Waals surface area contributed by atoms with E-state index in [9.17, 15) is 0 Å². The van der Waals surface area contributed by atoms with Gasteiger partial charge in [-0.3, -0.25) is 0 Å². The molecular formula is C15H32N2. The summed E-state index contributed by atoms with van der Waals surface area (Å²) in [6.45, 7) is 13.9. The SMILES string of the molecule is CC(C)CN(CCC(N)CC(C)(C)C)C1CC1. The van der Waals surface area contributed by atoms with Crippen molar-refractivity contribution in [2.75, 3.05) is 13.1 Å². The number of nitrogens with two attached hydrogens (primary N) is 1. The van der Waals surface area contributed by atoms with Crippen molar-refractivity contribution in [1.82, 2.24) is 4.90 Å². The lowest BCUT2D eigenvalue weighted by Gasteiger charge is -2.28. The van der Waals surface area contributed by atoms with Gasteiger partial charge in [0.15, 0.2) is 0 Å². The van der Waals surface area contributed by atoms with Crippen molar-refractivity contribution < 1.29 is 0 Å². The molecule has 17 heavy (non-hydrogen) atoms. The first-order chi connectivity index (χ1) is 7.78. The zero-order valence-corrected chi connectivity index (χ0v) is 12.5. The van der Waals surface area contributed by atoms with Crippen LogP contribution in [0.3, 0.4) is 0 Å². The van der Waals surface area contributed by atoms with Gasteiger partial charge in [-0.05, 0) is 43.6 Å². The number of nitrogens with zero attached hydrogens (tertiary/aromatic N) is 1. The molecule has 1 aliphatic rings. The van der Waals surface area contributed by atoms with E-state index >= 15 is 0 Å². The fourth-order valence-corrected chi connectivity index (χ4v) is 2.55. The highest BCUT2D eigenvalue weighted by molar-refractivity contribution is 4.85. The van der Waals surface area contributed by atoms with Crippen LogP contribution in [-0.4, -0.2) is 30.1 Å². The molecule has 0 amide bonds. The normalized spacial score (nSPS) is 19.1. The number of rotatable bonds is 7. The summed E-state index contributed by atoms with van der Waals surface area (Å²) >= 11 is 0. The van der Waals surface area contributed by atoms with Crippen LogP contribution in [0.5, 0.6) is 0 Å². The third kappa shape index (κ3) is 7.05. The van der Waals surface area contributed by atoms with Gasteiger partial charge in [0.05, 0.1) is 0 Å². The monoisotopic (exact) mass is 240 g/mol. The van der Waals surface area contributed by atoms with Crippen molar-refractivity contribution in [3.05, 3.63) is 0 Å². The fraction of sp³-hybridized carbons (Fsp3) is 1.00. The quantitative estimate of drug-likeness (QED) is 0.740. The van der Waals surface area contributed by atoms with Gasteiger partial charge >= 0.3 is 0 Å². The summed E-state index contributed by atoms with van der Waals surface area (Å²) in [5, 5.41) is 0. The van der Waals surface area contributed by atoms with Gasteiger partial charge in [-0.1, -0.05) is 34.6 Å². The second-order valence-electron chi connectivity index (χ2n) is 7.43. The van der Waals surface area contributed by atoms with Crippen LogP contribution in [0.1, 0.15) is 60.3 Å². The second-order valence-corrected chi connectivity index (χ2v) is 7.43. The van der Waals surface area contributed by atoms with Crippen LogP contribution in [0.2, 0.25) is 0 Å². The molecule has 0 spiro atoms. The molecule has 0 aromatic heterocycles. The fourth-order valence-electron chi connectivity index (χ4n) is 2.55. The topological polar surface area (TPSA) is 29.3 Å². The highest BCUT2D eigenvalue weighted by Crippen LogP contribution is 2.28. The van der Waals surface area contributed by atoms with Gasteiger partial charge in [-0.15, -0.1) is 0 Å². The molecular weight excluding hydrogens is 208 g/mol. The lowest BCUT2D eigenvalue weighted by Crippen LogP contribution is -2.36. The predicted octanol–water partition coefficient (Wildman–Crippen LogP) is 3.26. The minimum atomic E-state index is 0.363. The van der Waals surface area contributed by atoms with Crippen molar-refractivity contribution in [1.29, 1.82) is 0 Å². The van der Waals surface area contributed by atoms with Gasteiger partial charge in [-0.2, -0.15) is 0 Å². The first-order valence-electron chi connectivity index (χ1n) is 7.27. The van der Waals surface area contributed by atoms with Gasteiger partial charge in [-0.25, -0.2) is 0 Å². The Labute approximate surface area is 108 Å². The van der Waals surface area contributed by atoms with Crippen LogP contribution in [0.4, 0.5) is 0 Å². The van der Waals surface area contributed by atoms with Crippen LogP contribution >= 0.6 is 0 Å². The second kappa shape index (κ2) is 6.19. The maximum Gasteiger partial charge on any atom is 0.00965 e. The van der Waals surface area contributed by atoms with Crippen LogP contribution in [0.15, 0.2) is 0 Å². The molecule has 102 valence electrons. The Hall–Kier alpha value is -0.0800.